The molecule has 0 saturated heterocycles. The van der Waals surface area contributed by atoms with Gasteiger partial charge in [0.15, 0.2) is 0 Å². The maximum absolute atomic E-state index is 11.2. The Hall–Kier alpha value is -1.36. The zero-order chi connectivity index (χ0) is 13.6. The summed E-state index contributed by atoms with van der Waals surface area (Å²) in [5, 5.41) is 0. The smallest absolute Gasteiger partial charge is 0.332 e. The molecule has 0 bridgehead atoms. The molecule has 0 heterocycles. The Morgan fingerprint density at radius 2 is 1.24 bits per heavy atom. The highest BCUT2D eigenvalue weighted by molar-refractivity contribution is 6.77. The molecule has 0 N–H and O–H groups in total. The van der Waals surface area contributed by atoms with Gasteiger partial charge in [-0.25, -0.2) is 9.59 Å². The third-order valence-electron chi connectivity index (χ3n) is 1.88. The van der Waals surface area contributed by atoms with Crippen molar-refractivity contribution in [2.24, 2.45) is 0 Å². The lowest BCUT2D eigenvalue weighted by Crippen LogP contribution is -2.40. The minimum absolute atomic E-state index is 0.308. The monoisotopic (exact) mass is 256 g/mol. The summed E-state index contributed by atoms with van der Waals surface area (Å²) < 4.78 is 10.1. The summed E-state index contributed by atoms with van der Waals surface area (Å²) >= 11 is 0. The van der Waals surface area contributed by atoms with Crippen molar-refractivity contribution < 1.29 is 19.1 Å². The molecule has 4 nitrogen and oxygen atoms in total. The molecular formula is C12H20O4Si. The predicted octanol–water partition coefficient (Wildman–Crippen LogP) is 2.01. The Kier molecular flexibility index (Phi) is 5.88. The molecule has 17 heavy (non-hydrogen) atoms. The predicted molar refractivity (Wildman–Crippen MR) is 69.0 cm³/mol. The fourth-order valence-electron chi connectivity index (χ4n) is 0.810. The van der Waals surface area contributed by atoms with Crippen LogP contribution in [0.5, 0.6) is 0 Å². The zero-order valence-corrected chi connectivity index (χ0v) is 12.0. The van der Waals surface area contributed by atoms with E-state index < -0.39 is 20.0 Å². The van der Waals surface area contributed by atoms with E-state index in [9.17, 15) is 9.59 Å². The number of hydrogen-bond acceptors (Lipinski definition) is 4. The number of rotatable bonds is 6. The van der Waals surface area contributed by atoms with E-state index in [1.165, 1.54) is 0 Å². The van der Waals surface area contributed by atoms with E-state index in [4.69, 9.17) is 9.47 Å². The fraction of sp³-hybridized carbons (Fsp3) is 0.500. The van der Waals surface area contributed by atoms with E-state index in [0.717, 1.165) is 0 Å². The summed E-state index contributed by atoms with van der Waals surface area (Å²) in [6.45, 7) is 14.1. The first-order valence-corrected chi connectivity index (χ1v) is 8.72. The average Bonchev–Trinajstić information content (AvgIpc) is 2.22. The molecule has 5 heteroatoms. The maximum Gasteiger partial charge on any atom is 0.332 e. The topological polar surface area (TPSA) is 52.6 Å². The summed E-state index contributed by atoms with van der Waals surface area (Å²) in [5.41, 5.74) is 0.738. The van der Waals surface area contributed by atoms with Crippen molar-refractivity contribution in [3.05, 3.63) is 24.3 Å². The summed E-state index contributed by atoms with van der Waals surface area (Å²) in [7, 11) is -1.89. The van der Waals surface area contributed by atoms with Gasteiger partial charge in [0.05, 0.1) is 12.5 Å². The van der Waals surface area contributed by atoms with E-state index in [0.29, 0.717) is 23.6 Å². The van der Waals surface area contributed by atoms with Crippen molar-refractivity contribution >= 4 is 20.0 Å². The van der Waals surface area contributed by atoms with Gasteiger partial charge in [0.1, 0.15) is 8.07 Å². The van der Waals surface area contributed by atoms with Gasteiger partial charge in [0.2, 0.25) is 0 Å². The van der Waals surface area contributed by atoms with Crippen molar-refractivity contribution in [2.75, 3.05) is 12.5 Å². The average molecular weight is 256 g/mol. The van der Waals surface area contributed by atoms with Crippen molar-refractivity contribution in [2.45, 2.75) is 26.9 Å². The summed E-state index contributed by atoms with van der Waals surface area (Å²) in [6.07, 6.45) is 0.615. The summed E-state index contributed by atoms with van der Waals surface area (Å²) in [4.78, 5) is 22.4. The quantitative estimate of drug-likeness (QED) is 0.414. The van der Waals surface area contributed by atoms with Gasteiger partial charge in [-0.2, -0.15) is 0 Å². The fourth-order valence-corrected chi connectivity index (χ4v) is 1.94. The van der Waals surface area contributed by atoms with Crippen molar-refractivity contribution in [1.82, 2.24) is 0 Å². The van der Waals surface area contributed by atoms with Gasteiger partial charge in [-0.3, -0.25) is 0 Å². The van der Waals surface area contributed by atoms with Crippen LogP contribution in [-0.4, -0.2) is 32.5 Å². The Morgan fingerprint density at radius 1 is 0.941 bits per heavy atom. The molecule has 0 aromatic carbocycles. The summed E-state index contributed by atoms with van der Waals surface area (Å²) in [6, 6.07) is 0. The van der Waals surface area contributed by atoms with Crippen molar-refractivity contribution in [3.63, 3.8) is 0 Å². The van der Waals surface area contributed by atoms with E-state index in [2.05, 4.69) is 13.2 Å². The Labute approximate surface area is 103 Å². The second-order valence-corrected chi connectivity index (χ2v) is 9.78. The SMILES string of the molecule is C=C(C)C(=O)OC[Si](C)(C)COC(=O)C(=C)C. The maximum atomic E-state index is 11.2. The van der Waals surface area contributed by atoms with Crippen LogP contribution in [0.15, 0.2) is 24.3 Å². The molecule has 0 atom stereocenters. The first kappa shape index (κ1) is 15.6. The van der Waals surface area contributed by atoms with Crippen LogP contribution in [0.3, 0.4) is 0 Å². The Bertz CT molecular complexity index is 312. The highest BCUT2D eigenvalue weighted by Crippen LogP contribution is 2.06. The number of ether oxygens (including phenoxy) is 2. The Balaban J connectivity index is 4.12. The number of carbonyl (C=O) groups excluding carboxylic acids is 2. The second kappa shape index (κ2) is 6.39. The van der Waals surface area contributed by atoms with Crippen LogP contribution in [-0.2, 0) is 19.1 Å². The summed E-state index contributed by atoms with van der Waals surface area (Å²) in [5.74, 6) is -0.811. The molecule has 0 radical (unpaired) electrons. The molecule has 0 rings (SSSR count). The molecule has 96 valence electrons. The molecule has 0 aliphatic carbocycles. The lowest BCUT2D eigenvalue weighted by molar-refractivity contribution is -0.137. The molecule has 0 aliphatic heterocycles. The number of esters is 2. The molecule has 0 unspecified atom stereocenters. The first-order chi connectivity index (χ1) is 7.65. The van der Waals surface area contributed by atoms with Gasteiger partial charge in [0, 0.05) is 11.1 Å². The Morgan fingerprint density at radius 3 is 1.47 bits per heavy atom. The van der Waals surface area contributed by atoms with Crippen LogP contribution in [0.2, 0.25) is 13.1 Å². The van der Waals surface area contributed by atoms with Crippen molar-refractivity contribution in [1.29, 1.82) is 0 Å². The molecular weight excluding hydrogens is 236 g/mol. The van der Waals surface area contributed by atoms with E-state index in [1.54, 1.807) is 13.8 Å². The van der Waals surface area contributed by atoms with Gasteiger partial charge in [0.25, 0.3) is 0 Å². The van der Waals surface area contributed by atoms with E-state index >= 15 is 0 Å². The normalized spacial score (nSPS) is 10.6. The molecule has 0 aromatic rings. The largest absolute Gasteiger partial charge is 0.466 e. The number of carbonyl (C=O) groups is 2. The van der Waals surface area contributed by atoms with Crippen LogP contribution in [0.1, 0.15) is 13.8 Å². The lowest BCUT2D eigenvalue weighted by atomic mass is 10.4. The standard InChI is InChI=1S/C12H20O4Si/c1-9(2)11(13)15-7-17(5,6)8-16-12(14)10(3)4/h1,3,7-8H2,2,4-6H3. The van der Waals surface area contributed by atoms with E-state index in [-0.39, 0.29) is 0 Å². The van der Waals surface area contributed by atoms with Crippen LogP contribution < -0.4 is 0 Å². The van der Waals surface area contributed by atoms with Gasteiger partial charge < -0.3 is 9.47 Å². The van der Waals surface area contributed by atoms with Crippen LogP contribution in [0, 0.1) is 0 Å². The molecule has 0 aliphatic rings. The highest BCUT2D eigenvalue weighted by Gasteiger charge is 2.26. The molecule has 0 fully saturated rings. The molecule has 0 spiro atoms. The third kappa shape index (κ3) is 6.73. The minimum Gasteiger partial charge on any atom is -0.466 e. The minimum atomic E-state index is -1.89. The van der Waals surface area contributed by atoms with Crippen LogP contribution in [0.25, 0.3) is 0 Å². The van der Waals surface area contributed by atoms with Crippen LogP contribution >= 0.6 is 0 Å². The first-order valence-electron chi connectivity index (χ1n) is 5.31. The highest BCUT2D eigenvalue weighted by atomic mass is 28.3. The molecule has 0 aromatic heterocycles. The van der Waals surface area contributed by atoms with Gasteiger partial charge in [-0.05, 0) is 13.8 Å². The van der Waals surface area contributed by atoms with Gasteiger partial charge >= 0.3 is 11.9 Å². The third-order valence-corrected chi connectivity index (χ3v) is 3.74. The van der Waals surface area contributed by atoms with Crippen LogP contribution in [0.4, 0.5) is 0 Å². The molecule has 0 saturated carbocycles. The van der Waals surface area contributed by atoms with Crippen molar-refractivity contribution in [3.8, 4) is 0 Å². The second-order valence-electron chi connectivity index (χ2n) is 4.88. The zero-order valence-electron chi connectivity index (χ0n) is 11.0. The van der Waals surface area contributed by atoms with E-state index in [1.807, 2.05) is 13.1 Å². The lowest BCUT2D eigenvalue weighted by Gasteiger charge is -2.21. The molecule has 0 amide bonds. The van der Waals surface area contributed by atoms with Gasteiger partial charge in [-0.15, -0.1) is 0 Å². The number of hydrogen-bond donors (Lipinski definition) is 0. The van der Waals surface area contributed by atoms with Gasteiger partial charge in [-0.1, -0.05) is 26.3 Å².